The van der Waals surface area contributed by atoms with Gasteiger partial charge in [-0.1, -0.05) is 24.6 Å². The minimum absolute atomic E-state index is 0.0427. The molecule has 1 saturated heterocycles. The standard InChI is InChI=1S/C25H33ClN2O3/c1-5-17(16-24(29)31-4)18-8-13-22(28-14-6-7-23(28)25(2,3)30)21(15-18)27-20-11-9-19(26)10-12-20/h8-13,15,17,23,27,30H,5-7,14,16H2,1-4H3. The van der Waals surface area contributed by atoms with E-state index in [1.165, 1.54) is 7.11 Å². The molecule has 0 amide bonds. The molecule has 2 aromatic rings. The molecule has 0 spiro atoms. The highest BCUT2D eigenvalue weighted by molar-refractivity contribution is 6.30. The van der Waals surface area contributed by atoms with Crippen LogP contribution in [0, 0.1) is 0 Å². The average Bonchev–Trinajstić information content (AvgIpc) is 3.23. The Morgan fingerprint density at radius 3 is 2.61 bits per heavy atom. The second-order valence-electron chi connectivity index (χ2n) is 8.80. The first kappa shape index (κ1) is 23.4. The molecule has 1 fully saturated rings. The minimum atomic E-state index is -0.802. The fraction of sp³-hybridized carbons (Fsp3) is 0.480. The van der Waals surface area contributed by atoms with E-state index >= 15 is 0 Å². The normalized spacial score (nSPS) is 17.5. The molecule has 2 N–H and O–H groups in total. The molecule has 0 radical (unpaired) electrons. The van der Waals surface area contributed by atoms with E-state index in [9.17, 15) is 9.90 Å². The zero-order chi connectivity index (χ0) is 22.6. The molecule has 0 bridgehead atoms. The predicted molar refractivity (Wildman–Crippen MR) is 128 cm³/mol. The lowest BCUT2D eigenvalue weighted by molar-refractivity contribution is -0.141. The number of ether oxygens (including phenoxy) is 1. The third kappa shape index (κ3) is 5.72. The van der Waals surface area contributed by atoms with Crippen molar-refractivity contribution in [2.24, 2.45) is 0 Å². The van der Waals surface area contributed by atoms with Gasteiger partial charge < -0.3 is 20.1 Å². The van der Waals surface area contributed by atoms with Crippen LogP contribution >= 0.6 is 11.6 Å². The quantitative estimate of drug-likeness (QED) is 0.498. The molecule has 3 rings (SSSR count). The molecule has 2 unspecified atom stereocenters. The maximum atomic E-state index is 11.9. The molecule has 0 saturated carbocycles. The molecule has 0 aliphatic carbocycles. The van der Waals surface area contributed by atoms with Gasteiger partial charge >= 0.3 is 5.97 Å². The zero-order valence-electron chi connectivity index (χ0n) is 18.8. The van der Waals surface area contributed by atoms with E-state index in [0.717, 1.165) is 48.4 Å². The van der Waals surface area contributed by atoms with E-state index in [0.29, 0.717) is 11.4 Å². The Bertz CT molecular complexity index is 893. The van der Waals surface area contributed by atoms with E-state index in [1.54, 1.807) is 0 Å². The van der Waals surface area contributed by atoms with Gasteiger partial charge in [0.15, 0.2) is 0 Å². The summed E-state index contributed by atoms with van der Waals surface area (Å²) < 4.78 is 4.89. The molecule has 31 heavy (non-hydrogen) atoms. The number of esters is 1. The second-order valence-corrected chi connectivity index (χ2v) is 9.24. The summed E-state index contributed by atoms with van der Waals surface area (Å²) in [6.07, 6.45) is 3.18. The van der Waals surface area contributed by atoms with Crippen LogP contribution in [0.2, 0.25) is 5.02 Å². The summed E-state index contributed by atoms with van der Waals surface area (Å²) in [4.78, 5) is 14.2. The molecular formula is C25H33ClN2O3. The van der Waals surface area contributed by atoms with Crippen molar-refractivity contribution >= 4 is 34.6 Å². The molecule has 0 aromatic heterocycles. The molecule has 1 aliphatic rings. The summed E-state index contributed by atoms with van der Waals surface area (Å²) in [7, 11) is 1.43. The van der Waals surface area contributed by atoms with Gasteiger partial charge in [0.25, 0.3) is 0 Å². The monoisotopic (exact) mass is 444 g/mol. The molecule has 2 aromatic carbocycles. The number of nitrogens with zero attached hydrogens (tertiary/aromatic N) is 1. The maximum Gasteiger partial charge on any atom is 0.306 e. The zero-order valence-corrected chi connectivity index (χ0v) is 19.6. The van der Waals surface area contributed by atoms with Gasteiger partial charge in [0.05, 0.1) is 36.5 Å². The summed E-state index contributed by atoms with van der Waals surface area (Å²) in [5.74, 6) is -0.124. The van der Waals surface area contributed by atoms with Crippen LogP contribution in [0.3, 0.4) is 0 Å². The third-order valence-corrected chi connectivity index (χ3v) is 6.38. The highest BCUT2D eigenvalue weighted by Gasteiger charge is 2.37. The number of aliphatic hydroxyl groups is 1. The minimum Gasteiger partial charge on any atom is -0.469 e. The van der Waals surface area contributed by atoms with E-state index in [-0.39, 0.29) is 17.9 Å². The number of carbonyl (C=O) groups is 1. The van der Waals surface area contributed by atoms with Crippen LogP contribution in [0.25, 0.3) is 0 Å². The van der Waals surface area contributed by atoms with Crippen molar-refractivity contribution in [2.45, 2.75) is 64.0 Å². The van der Waals surface area contributed by atoms with Gasteiger partial charge in [0.2, 0.25) is 0 Å². The lowest BCUT2D eigenvalue weighted by Crippen LogP contribution is -2.46. The van der Waals surface area contributed by atoms with Gasteiger partial charge in [0.1, 0.15) is 0 Å². The first-order valence-electron chi connectivity index (χ1n) is 10.9. The average molecular weight is 445 g/mol. The van der Waals surface area contributed by atoms with Crippen LogP contribution in [0.4, 0.5) is 17.1 Å². The SMILES string of the molecule is CCC(CC(=O)OC)c1ccc(N2CCCC2C(C)(C)O)c(Nc2ccc(Cl)cc2)c1. The van der Waals surface area contributed by atoms with Gasteiger partial charge in [-0.25, -0.2) is 0 Å². The first-order chi connectivity index (χ1) is 14.7. The molecule has 168 valence electrons. The number of nitrogens with one attached hydrogen (secondary N) is 1. The van der Waals surface area contributed by atoms with Crippen molar-refractivity contribution in [3.63, 3.8) is 0 Å². The Kier molecular flexibility index (Phi) is 7.50. The largest absolute Gasteiger partial charge is 0.469 e. The Labute approximate surface area is 190 Å². The van der Waals surface area contributed by atoms with Crippen molar-refractivity contribution in [2.75, 3.05) is 23.9 Å². The van der Waals surface area contributed by atoms with E-state index in [2.05, 4.69) is 35.3 Å². The predicted octanol–water partition coefficient (Wildman–Crippen LogP) is 5.88. The van der Waals surface area contributed by atoms with Gasteiger partial charge in [-0.05, 0) is 81.0 Å². The Morgan fingerprint density at radius 2 is 2.00 bits per heavy atom. The maximum absolute atomic E-state index is 11.9. The molecule has 1 heterocycles. The van der Waals surface area contributed by atoms with Crippen LogP contribution in [-0.4, -0.2) is 36.4 Å². The summed E-state index contributed by atoms with van der Waals surface area (Å²) in [6, 6.07) is 14.0. The fourth-order valence-electron chi connectivity index (χ4n) is 4.42. The molecular weight excluding hydrogens is 412 g/mol. The summed E-state index contributed by atoms with van der Waals surface area (Å²) >= 11 is 6.06. The van der Waals surface area contributed by atoms with E-state index in [1.807, 2.05) is 38.1 Å². The second kappa shape index (κ2) is 9.92. The number of methoxy groups -OCH3 is 1. The number of rotatable bonds is 8. The number of halogens is 1. The van der Waals surface area contributed by atoms with Crippen molar-refractivity contribution in [1.82, 2.24) is 0 Å². The first-order valence-corrected chi connectivity index (χ1v) is 11.3. The number of hydrogen-bond donors (Lipinski definition) is 2. The van der Waals surface area contributed by atoms with E-state index in [4.69, 9.17) is 16.3 Å². The molecule has 6 heteroatoms. The molecule has 5 nitrogen and oxygen atoms in total. The Morgan fingerprint density at radius 1 is 1.29 bits per heavy atom. The van der Waals surface area contributed by atoms with Crippen LogP contribution in [0.5, 0.6) is 0 Å². The van der Waals surface area contributed by atoms with Gasteiger partial charge in [-0.3, -0.25) is 4.79 Å². The number of carbonyl (C=O) groups excluding carboxylic acids is 1. The topological polar surface area (TPSA) is 61.8 Å². The Hall–Kier alpha value is -2.24. The summed E-state index contributed by atoms with van der Waals surface area (Å²) in [6.45, 7) is 6.72. The molecule has 1 aliphatic heterocycles. The number of benzene rings is 2. The van der Waals surface area contributed by atoms with Crippen molar-refractivity contribution in [3.8, 4) is 0 Å². The summed E-state index contributed by atoms with van der Waals surface area (Å²) in [5.41, 5.74) is 3.23. The summed E-state index contributed by atoms with van der Waals surface area (Å²) in [5, 5.41) is 15.0. The number of anilines is 3. The van der Waals surface area contributed by atoms with Gasteiger partial charge in [-0.15, -0.1) is 0 Å². The van der Waals surface area contributed by atoms with Crippen molar-refractivity contribution in [1.29, 1.82) is 0 Å². The van der Waals surface area contributed by atoms with E-state index < -0.39 is 5.60 Å². The highest BCUT2D eigenvalue weighted by atomic mass is 35.5. The lowest BCUT2D eigenvalue weighted by atomic mass is 9.91. The van der Waals surface area contributed by atoms with Crippen LogP contribution in [0.1, 0.15) is 57.9 Å². The van der Waals surface area contributed by atoms with Gasteiger partial charge in [-0.2, -0.15) is 0 Å². The smallest absolute Gasteiger partial charge is 0.306 e. The number of hydrogen-bond acceptors (Lipinski definition) is 5. The van der Waals surface area contributed by atoms with Crippen molar-refractivity contribution in [3.05, 3.63) is 53.1 Å². The highest BCUT2D eigenvalue weighted by Crippen LogP contribution is 2.39. The molecule has 2 atom stereocenters. The van der Waals surface area contributed by atoms with Gasteiger partial charge in [0, 0.05) is 17.3 Å². The van der Waals surface area contributed by atoms with Crippen LogP contribution < -0.4 is 10.2 Å². The Balaban J connectivity index is 2.01. The third-order valence-electron chi connectivity index (χ3n) is 6.13. The fourth-order valence-corrected chi connectivity index (χ4v) is 4.54. The van der Waals surface area contributed by atoms with Crippen molar-refractivity contribution < 1.29 is 14.6 Å². The van der Waals surface area contributed by atoms with Crippen LogP contribution in [0.15, 0.2) is 42.5 Å². The van der Waals surface area contributed by atoms with Crippen LogP contribution in [-0.2, 0) is 9.53 Å². The lowest BCUT2D eigenvalue weighted by Gasteiger charge is -2.36.